The highest BCUT2D eigenvalue weighted by molar-refractivity contribution is 5.95. The van der Waals surface area contributed by atoms with Crippen LogP contribution in [-0.2, 0) is 11.2 Å². The lowest BCUT2D eigenvalue weighted by Crippen LogP contribution is -2.56. The SMILES string of the molecule is Cc1nc(N[C@H](C)c2cccc(C(F)F)c2F)c2cc(OC3CN(C(=O)CF)C3)c3c(c2n1)CCO3. The van der Waals surface area contributed by atoms with Gasteiger partial charge < -0.3 is 19.7 Å². The maximum Gasteiger partial charge on any atom is 0.266 e. The van der Waals surface area contributed by atoms with Crippen LogP contribution < -0.4 is 14.8 Å². The minimum absolute atomic E-state index is 0.0882. The van der Waals surface area contributed by atoms with E-state index in [1.165, 1.54) is 17.0 Å². The van der Waals surface area contributed by atoms with Crippen LogP contribution in [0.15, 0.2) is 24.3 Å². The van der Waals surface area contributed by atoms with Gasteiger partial charge in [0.2, 0.25) is 0 Å². The van der Waals surface area contributed by atoms with E-state index in [2.05, 4.69) is 15.3 Å². The van der Waals surface area contributed by atoms with Crippen molar-refractivity contribution >= 4 is 22.6 Å². The Morgan fingerprint density at radius 3 is 2.75 bits per heavy atom. The number of amides is 1. The van der Waals surface area contributed by atoms with Crippen molar-refractivity contribution in [3.8, 4) is 11.5 Å². The Morgan fingerprint density at radius 1 is 1.28 bits per heavy atom. The third-order valence-electron chi connectivity index (χ3n) is 6.44. The number of aromatic nitrogens is 2. The molecule has 1 aromatic heterocycles. The van der Waals surface area contributed by atoms with Crippen molar-refractivity contribution in [2.24, 2.45) is 0 Å². The summed E-state index contributed by atoms with van der Waals surface area (Å²) in [6.07, 6.45) is -2.65. The highest BCUT2D eigenvalue weighted by atomic mass is 19.3. The topological polar surface area (TPSA) is 76.6 Å². The number of carbonyl (C=O) groups excluding carboxylic acids is 1. The van der Waals surface area contributed by atoms with Crippen molar-refractivity contribution in [1.29, 1.82) is 0 Å². The van der Waals surface area contributed by atoms with Gasteiger partial charge in [0, 0.05) is 22.9 Å². The van der Waals surface area contributed by atoms with Gasteiger partial charge in [0.1, 0.15) is 23.6 Å². The Labute approximate surface area is 204 Å². The first-order valence-corrected chi connectivity index (χ1v) is 11.6. The summed E-state index contributed by atoms with van der Waals surface area (Å²) in [5.41, 5.74) is 0.925. The van der Waals surface area contributed by atoms with Gasteiger partial charge in [0.25, 0.3) is 12.3 Å². The van der Waals surface area contributed by atoms with Gasteiger partial charge in [-0.05, 0) is 19.9 Å². The van der Waals surface area contributed by atoms with Crippen LogP contribution in [0.4, 0.5) is 23.4 Å². The monoisotopic (exact) mass is 504 g/mol. The van der Waals surface area contributed by atoms with Crippen LogP contribution in [0, 0.1) is 12.7 Å². The third kappa shape index (κ3) is 4.27. The molecule has 1 saturated heterocycles. The fourth-order valence-corrected chi connectivity index (χ4v) is 4.58. The summed E-state index contributed by atoms with van der Waals surface area (Å²) < 4.78 is 65.7. The number of halogens is 4. The number of alkyl halides is 3. The second-order valence-electron chi connectivity index (χ2n) is 8.89. The van der Waals surface area contributed by atoms with Gasteiger partial charge in [-0.1, -0.05) is 18.2 Å². The molecule has 0 aliphatic carbocycles. The number of hydrogen-bond donors (Lipinski definition) is 1. The molecule has 11 heteroatoms. The fourth-order valence-electron chi connectivity index (χ4n) is 4.58. The molecule has 1 fully saturated rings. The summed E-state index contributed by atoms with van der Waals surface area (Å²) in [6.45, 7) is 3.31. The molecule has 0 bridgehead atoms. The zero-order chi connectivity index (χ0) is 25.6. The highest BCUT2D eigenvalue weighted by Gasteiger charge is 2.34. The number of nitrogens with zero attached hydrogens (tertiary/aromatic N) is 3. The maximum atomic E-state index is 14.8. The highest BCUT2D eigenvalue weighted by Crippen LogP contribution is 2.43. The van der Waals surface area contributed by atoms with Crippen LogP contribution in [0.25, 0.3) is 10.9 Å². The number of carbonyl (C=O) groups is 1. The molecule has 2 aromatic carbocycles. The van der Waals surface area contributed by atoms with Gasteiger partial charge in [0.15, 0.2) is 18.2 Å². The van der Waals surface area contributed by atoms with Gasteiger partial charge in [-0.15, -0.1) is 0 Å². The van der Waals surface area contributed by atoms with E-state index in [0.717, 1.165) is 11.6 Å². The lowest BCUT2D eigenvalue weighted by atomic mass is 10.0. The number of nitrogens with one attached hydrogen (secondary N) is 1. The molecule has 0 saturated carbocycles. The largest absolute Gasteiger partial charge is 0.489 e. The van der Waals surface area contributed by atoms with Crippen molar-refractivity contribution in [2.75, 3.05) is 31.7 Å². The van der Waals surface area contributed by atoms with E-state index in [-0.39, 0.29) is 24.8 Å². The van der Waals surface area contributed by atoms with Gasteiger partial charge in [-0.25, -0.2) is 27.5 Å². The smallest absolute Gasteiger partial charge is 0.266 e. The van der Waals surface area contributed by atoms with Crippen LogP contribution in [0.1, 0.15) is 41.9 Å². The number of rotatable bonds is 7. The lowest BCUT2D eigenvalue weighted by Gasteiger charge is -2.38. The molecular weight excluding hydrogens is 480 g/mol. The molecule has 2 aliphatic heterocycles. The van der Waals surface area contributed by atoms with Gasteiger partial charge in [-0.3, -0.25) is 4.79 Å². The Kier molecular flexibility index (Phi) is 6.31. The minimum Gasteiger partial charge on any atom is -0.489 e. The van der Waals surface area contributed by atoms with E-state index < -0.39 is 36.4 Å². The Bertz CT molecular complexity index is 1330. The van der Waals surface area contributed by atoms with Crippen molar-refractivity contribution < 1.29 is 31.8 Å². The molecule has 1 atom stereocenters. The zero-order valence-electron chi connectivity index (χ0n) is 19.7. The van der Waals surface area contributed by atoms with Crippen LogP contribution in [0.3, 0.4) is 0 Å². The predicted octanol–water partition coefficient (Wildman–Crippen LogP) is 4.68. The molecule has 7 nitrogen and oxygen atoms in total. The second-order valence-corrected chi connectivity index (χ2v) is 8.89. The van der Waals surface area contributed by atoms with Crippen molar-refractivity contribution in [2.45, 2.75) is 38.8 Å². The maximum absolute atomic E-state index is 14.8. The first-order valence-electron chi connectivity index (χ1n) is 11.6. The van der Waals surface area contributed by atoms with E-state index in [4.69, 9.17) is 9.47 Å². The van der Waals surface area contributed by atoms with Crippen molar-refractivity contribution in [3.05, 3.63) is 52.6 Å². The molecule has 1 N–H and O–H groups in total. The molecule has 3 heterocycles. The van der Waals surface area contributed by atoms with E-state index in [9.17, 15) is 22.4 Å². The summed E-state index contributed by atoms with van der Waals surface area (Å²) in [6, 6.07) is 4.96. The normalized spacial score (nSPS) is 16.0. The fraction of sp³-hybridized carbons (Fsp3) is 0.400. The standard InChI is InChI=1S/C25H24F4N4O3/c1-12(15-4-3-5-16(21(15)27)24(28)29)30-25-18-8-19(36-14-10-33(11-14)20(34)9-26)23-17(6-7-35-23)22(18)31-13(2)32-25/h3-5,8,12,14,24H,6-7,9-11H2,1-2H3,(H,30,31,32)/t12-/m1/s1. The molecule has 3 aromatic rings. The molecule has 5 rings (SSSR count). The number of ether oxygens (including phenoxy) is 2. The number of fused-ring (bicyclic) bond motifs is 3. The summed E-state index contributed by atoms with van der Waals surface area (Å²) in [4.78, 5) is 22.0. The average Bonchev–Trinajstić information content (AvgIpc) is 3.31. The summed E-state index contributed by atoms with van der Waals surface area (Å²) in [5, 5.41) is 3.76. The predicted molar refractivity (Wildman–Crippen MR) is 124 cm³/mol. The molecule has 190 valence electrons. The number of hydrogen-bond acceptors (Lipinski definition) is 6. The molecular formula is C25H24F4N4O3. The number of aryl methyl sites for hydroxylation is 1. The van der Waals surface area contributed by atoms with Crippen LogP contribution in [0.2, 0.25) is 0 Å². The average molecular weight is 504 g/mol. The van der Waals surface area contributed by atoms with E-state index in [1.54, 1.807) is 19.9 Å². The Balaban J connectivity index is 1.49. The first-order chi connectivity index (χ1) is 17.3. The second kappa shape index (κ2) is 9.44. The van der Waals surface area contributed by atoms with Crippen molar-refractivity contribution in [3.63, 3.8) is 0 Å². The van der Waals surface area contributed by atoms with Gasteiger partial charge in [-0.2, -0.15) is 0 Å². The third-order valence-corrected chi connectivity index (χ3v) is 6.44. The van der Waals surface area contributed by atoms with Crippen LogP contribution in [-0.4, -0.2) is 53.2 Å². The zero-order valence-corrected chi connectivity index (χ0v) is 19.7. The molecule has 0 spiro atoms. The summed E-state index contributed by atoms with van der Waals surface area (Å²) >= 11 is 0. The minimum atomic E-state index is -2.93. The molecule has 1 amide bonds. The molecule has 0 unspecified atom stereocenters. The lowest BCUT2D eigenvalue weighted by molar-refractivity contribution is -0.140. The molecule has 36 heavy (non-hydrogen) atoms. The number of anilines is 1. The molecule has 2 aliphatic rings. The molecule has 0 radical (unpaired) electrons. The Morgan fingerprint density at radius 2 is 2.03 bits per heavy atom. The van der Waals surface area contributed by atoms with E-state index >= 15 is 0 Å². The number of benzene rings is 2. The summed E-state index contributed by atoms with van der Waals surface area (Å²) in [5.74, 6) is 0.336. The van der Waals surface area contributed by atoms with E-state index in [1.807, 2.05) is 0 Å². The van der Waals surface area contributed by atoms with E-state index in [0.29, 0.717) is 47.1 Å². The van der Waals surface area contributed by atoms with Gasteiger partial charge in [0.05, 0.1) is 36.8 Å². The van der Waals surface area contributed by atoms with Crippen molar-refractivity contribution in [1.82, 2.24) is 14.9 Å². The number of likely N-dealkylation sites (tertiary alicyclic amines) is 1. The van der Waals surface area contributed by atoms with Gasteiger partial charge >= 0.3 is 0 Å². The van der Waals surface area contributed by atoms with Crippen LogP contribution in [0.5, 0.6) is 11.5 Å². The summed E-state index contributed by atoms with van der Waals surface area (Å²) in [7, 11) is 0. The van der Waals surface area contributed by atoms with Crippen LogP contribution >= 0.6 is 0 Å². The Hall–Kier alpha value is -3.63. The quantitative estimate of drug-likeness (QED) is 0.471. The first kappa shape index (κ1) is 24.1.